The molecule has 8 nitrogen and oxygen atoms in total. The molecule has 1 aliphatic heterocycles. The maximum absolute atomic E-state index is 12.9. The highest BCUT2D eigenvalue weighted by Gasteiger charge is 2.66. The third-order valence-electron chi connectivity index (χ3n) is 6.68. The summed E-state index contributed by atoms with van der Waals surface area (Å²) in [7, 11) is 0. The van der Waals surface area contributed by atoms with Crippen molar-refractivity contribution in [2.24, 2.45) is 35.5 Å². The predicted octanol–water partition coefficient (Wildman–Crippen LogP) is 1.98. The Morgan fingerprint density at radius 3 is 2.18 bits per heavy atom. The number of rotatable bonds is 5. The van der Waals surface area contributed by atoms with Crippen molar-refractivity contribution in [2.75, 3.05) is 11.9 Å². The minimum atomic E-state index is -0.512. The summed E-state index contributed by atoms with van der Waals surface area (Å²) in [5.74, 6) is 0.356. The second-order valence-corrected chi connectivity index (χ2v) is 8.08. The highest BCUT2D eigenvalue weighted by atomic mass is 16.6. The Labute approximate surface area is 160 Å². The van der Waals surface area contributed by atoms with Gasteiger partial charge in [-0.25, -0.2) is 0 Å². The molecule has 1 N–H and O–H groups in total. The van der Waals surface area contributed by atoms with Crippen molar-refractivity contribution < 1.29 is 19.3 Å². The number of imide groups is 1. The number of nitrogens with zero attached hydrogens (tertiary/aromatic N) is 2. The highest BCUT2D eigenvalue weighted by Crippen LogP contribution is 2.65. The maximum atomic E-state index is 12.9. The molecule has 1 heterocycles. The normalized spacial score (nSPS) is 34.2. The minimum Gasteiger partial charge on any atom is -0.326 e. The van der Waals surface area contributed by atoms with Gasteiger partial charge in [-0.05, 0) is 42.2 Å². The SMILES string of the molecule is O=C(CCN1C(=O)[C@@H]2[C@H]3C=C[C@@H]([C@@H]4C[C@H]34)[C@@H]2C1=O)Nc1ccc([N+](=O)[O-])cc1. The van der Waals surface area contributed by atoms with Crippen LogP contribution in [-0.4, -0.2) is 34.1 Å². The summed E-state index contributed by atoms with van der Waals surface area (Å²) in [4.78, 5) is 49.3. The van der Waals surface area contributed by atoms with E-state index < -0.39 is 4.92 Å². The summed E-state index contributed by atoms with van der Waals surface area (Å²) in [6, 6.07) is 5.52. The van der Waals surface area contributed by atoms with E-state index in [1.807, 2.05) is 0 Å². The van der Waals surface area contributed by atoms with E-state index in [-0.39, 0.29) is 60.0 Å². The lowest BCUT2D eigenvalue weighted by Crippen LogP contribution is -2.40. The van der Waals surface area contributed by atoms with Crippen LogP contribution in [-0.2, 0) is 14.4 Å². The number of likely N-dealkylation sites (tertiary alicyclic amines) is 1. The van der Waals surface area contributed by atoms with Gasteiger partial charge in [-0.1, -0.05) is 12.2 Å². The van der Waals surface area contributed by atoms with Gasteiger partial charge in [0.25, 0.3) is 5.69 Å². The molecule has 1 aromatic rings. The summed E-state index contributed by atoms with van der Waals surface area (Å²) in [5, 5.41) is 13.3. The molecule has 2 saturated carbocycles. The smallest absolute Gasteiger partial charge is 0.269 e. The second kappa shape index (κ2) is 5.98. The van der Waals surface area contributed by atoms with E-state index in [1.165, 1.54) is 29.2 Å². The number of carbonyl (C=O) groups is 3. The van der Waals surface area contributed by atoms with Gasteiger partial charge in [0.05, 0.1) is 16.8 Å². The molecule has 4 aliphatic carbocycles. The Morgan fingerprint density at radius 1 is 1.07 bits per heavy atom. The van der Waals surface area contributed by atoms with Gasteiger partial charge in [-0.15, -0.1) is 0 Å². The second-order valence-electron chi connectivity index (χ2n) is 8.08. The summed E-state index contributed by atoms with van der Waals surface area (Å²) in [6.45, 7) is 0.0677. The van der Waals surface area contributed by atoms with E-state index in [0.29, 0.717) is 17.5 Å². The zero-order valence-electron chi connectivity index (χ0n) is 15.0. The molecule has 6 atom stereocenters. The number of anilines is 1. The molecule has 1 saturated heterocycles. The van der Waals surface area contributed by atoms with Gasteiger partial charge in [0.2, 0.25) is 17.7 Å². The van der Waals surface area contributed by atoms with Crippen molar-refractivity contribution in [3.05, 3.63) is 46.5 Å². The van der Waals surface area contributed by atoms with Crippen LogP contribution in [0.4, 0.5) is 11.4 Å². The number of hydrogen-bond acceptors (Lipinski definition) is 5. The molecule has 3 fully saturated rings. The van der Waals surface area contributed by atoms with E-state index >= 15 is 0 Å². The van der Waals surface area contributed by atoms with Gasteiger partial charge in [-0.3, -0.25) is 29.4 Å². The highest BCUT2D eigenvalue weighted by molar-refractivity contribution is 6.06. The molecule has 0 aromatic heterocycles. The number of allylic oxidation sites excluding steroid dienone is 2. The topological polar surface area (TPSA) is 110 Å². The molecule has 0 radical (unpaired) electrons. The molecule has 3 amide bonds. The van der Waals surface area contributed by atoms with Crippen LogP contribution >= 0.6 is 0 Å². The first-order valence-electron chi connectivity index (χ1n) is 9.53. The molecule has 5 aliphatic rings. The fraction of sp³-hybridized carbons (Fsp3) is 0.450. The Morgan fingerprint density at radius 2 is 1.64 bits per heavy atom. The van der Waals surface area contributed by atoms with Crippen LogP contribution in [0.5, 0.6) is 0 Å². The summed E-state index contributed by atoms with van der Waals surface area (Å²) in [5.41, 5.74) is 0.376. The molecule has 0 unspecified atom stereocenters. The van der Waals surface area contributed by atoms with Crippen LogP contribution in [0.3, 0.4) is 0 Å². The zero-order chi connectivity index (χ0) is 19.6. The first kappa shape index (κ1) is 17.1. The number of nitrogens with one attached hydrogen (secondary N) is 1. The monoisotopic (exact) mass is 381 g/mol. The van der Waals surface area contributed by atoms with Gasteiger partial charge < -0.3 is 5.32 Å². The van der Waals surface area contributed by atoms with Gasteiger partial charge in [-0.2, -0.15) is 0 Å². The third-order valence-corrected chi connectivity index (χ3v) is 6.68. The predicted molar refractivity (Wildman–Crippen MR) is 97.8 cm³/mol. The number of carbonyl (C=O) groups excluding carboxylic acids is 3. The average Bonchev–Trinajstić information content (AvgIpc) is 3.46. The van der Waals surface area contributed by atoms with Crippen LogP contribution in [0.2, 0.25) is 0 Å². The third kappa shape index (κ3) is 2.47. The minimum absolute atomic E-state index is 0.00350. The van der Waals surface area contributed by atoms with Crippen molar-refractivity contribution in [2.45, 2.75) is 12.8 Å². The number of benzene rings is 1. The van der Waals surface area contributed by atoms with Crippen LogP contribution in [0.1, 0.15) is 12.8 Å². The Balaban J connectivity index is 1.21. The molecule has 8 heteroatoms. The molecule has 28 heavy (non-hydrogen) atoms. The molecular formula is C20H19N3O5. The molecule has 0 spiro atoms. The quantitative estimate of drug-likeness (QED) is 0.363. The number of nitro groups is 1. The van der Waals surface area contributed by atoms with Crippen LogP contribution < -0.4 is 5.32 Å². The van der Waals surface area contributed by atoms with Crippen molar-refractivity contribution in [1.29, 1.82) is 0 Å². The molecule has 6 rings (SSSR count). The summed E-state index contributed by atoms with van der Waals surface area (Å²) >= 11 is 0. The maximum Gasteiger partial charge on any atom is 0.269 e. The molecule has 2 bridgehead atoms. The fourth-order valence-corrected chi connectivity index (χ4v) is 5.34. The first-order valence-corrected chi connectivity index (χ1v) is 9.53. The van der Waals surface area contributed by atoms with E-state index in [2.05, 4.69) is 17.5 Å². The van der Waals surface area contributed by atoms with Crippen molar-refractivity contribution >= 4 is 29.1 Å². The van der Waals surface area contributed by atoms with Gasteiger partial charge >= 0.3 is 0 Å². The van der Waals surface area contributed by atoms with E-state index in [0.717, 1.165) is 6.42 Å². The van der Waals surface area contributed by atoms with E-state index in [4.69, 9.17) is 0 Å². The van der Waals surface area contributed by atoms with Crippen molar-refractivity contribution in [3.63, 3.8) is 0 Å². The zero-order valence-corrected chi connectivity index (χ0v) is 15.0. The Kier molecular flexibility index (Phi) is 3.65. The van der Waals surface area contributed by atoms with Gasteiger partial charge in [0, 0.05) is 30.8 Å². The van der Waals surface area contributed by atoms with E-state index in [1.54, 1.807) is 0 Å². The lowest BCUT2D eigenvalue weighted by atomic mass is 9.63. The summed E-state index contributed by atoms with van der Waals surface area (Å²) < 4.78 is 0. The molecule has 1 aromatic carbocycles. The van der Waals surface area contributed by atoms with Gasteiger partial charge in [0.15, 0.2) is 0 Å². The first-order chi connectivity index (χ1) is 13.5. The fourth-order valence-electron chi connectivity index (χ4n) is 5.34. The Hall–Kier alpha value is -3.03. The van der Waals surface area contributed by atoms with Crippen molar-refractivity contribution in [3.8, 4) is 0 Å². The van der Waals surface area contributed by atoms with Crippen LogP contribution in [0, 0.1) is 45.6 Å². The number of amides is 3. The largest absolute Gasteiger partial charge is 0.326 e. The summed E-state index contributed by atoms with van der Waals surface area (Å²) in [6.07, 6.45) is 5.36. The molecule has 144 valence electrons. The number of non-ortho nitro benzene ring substituents is 1. The lowest BCUT2D eigenvalue weighted by molar-refractivity contribution is -0.384. The average molecular weight is 381 g/mol. The molecular weight excluding hydrogens is 362 g/mol. The van der Waals surface area contributed by atoms with Crippen LogP contribution in [0.25, 0.3) is 0 Å². The number of hydrogen-bond donors (Lipinski definition) is 1. The van der Waals surface area contributed by atoms with Crippen molar-refractivity contribution in [1.82, 2.24) is 4.90 Å². The van der Waals surface area contributed by atoms with Gasteiger partial charge in [0.1, 0.15) is 0 Å². The number of nitro benzene ring substituents is 1. The lowest BCUT2D eigenvalue weighted by Gasteiger charge is -2.37. The van der Waals surface area contributed by atoms with Crippen LogP contribution in [0.15, 0.2) is 36.4 Å². The standard InChI is InChI=1S/C20H19N3O5/c24-16(21-10-1-3-11(4-2-10)23(27)28)7-8-22-19(25)17-12-5-6-13(15-9-14(12)15)18(17)20(22)26/h1-6,12-15,17-18H,7-9H2,(H,21,24)/t12-,13-,14-,15+,17-,18+/m0/s1. The van der Waals surface area contributed by atoms with E-state index in [9.17, 15) is 24.5 Å². The Bertz CT molecular complexity index is 888.